The van der Waals surface area contributed by atoms with Gasteiger partial charge in [-0.15, -0.1) is 0 Å². The maximum absolute atomic E-state index is 5.76. The van der Waals surface area contributed by atoms with Crippen molar-refractivity contribution in [2.75, 3.05) is 0 Å². The molecule has 1 aromatic heterocycles. The van der Waals surface area contributed by atoms with Gasteiger partial charge in [-0.3, -0.25) is 0 Å². The van der Waals surface area contributed by atoms with Crippen LogP contribution < -0.4 is 5.73 Å². The van der Waals surface area contributed by atoms with Crippen LogP contribution in [0, 0.1) is 6.92 Å². The van der Waals surface area contributed by atoms with E-state index in [0.717, 1.165) is 26.9 Å². The summed E-state index contributed by atoms with van der Waals surface area (Å²) in [5, 5.41) is 0. The number of imidazole rings is 1. The number of hydrogen-bond donors (Lipinski definition) is 2. The Bertz CT molecular complexity index is 473. The van der Waals surface area contributed by atoms with Crippen LogP contribution >= 0.6 is 15.9 Å². The fraction of sp³-hybridized carbons (Fsp3) is 0.300. The van der Waals surface area contributed by atoms with E-state index in [9.17, 15) is 0 Å². The van der Waals surface area contributed by atoms with Crippen molar-refractivity contribution in [3.63, 3.8) is 0 Å². The zero-order valence-corrected chi connectivity index (χ0v) is 9.72. The Morgan fingerprint density at radius 2 is 2.21 bits per heavy atom. The largest absolute Gasteiger partial charge is 0.341 e. The molecule has 1 unspecified atom stereocenters. The van der Waals surface area contributed by atoms with Crippen LogP contribution in [-0.4, -0.2) is 9.97 Å². The zero-order chi connectivity index (χ0) is 10.3. The van der Waals surface area contributed by atoms with E-state index in [1.165, 1.54) is 0 Å². The molecule has 3 nitrogen and oxygen atoms in total. The van der Waals surface area contributed by atoms with Gasteiger partial charge in [0.2, 0.25) is 0 Å². The normalized spacial score (nSPS) is 13.4. The SMILES string of the molecule is Cc1cc(Br)cc2[nH]c(C(C)N)nc12. The van der Waals surface area contributed by atoms with Gasteiger partial charge in [-0.2, -0.15) is 0 Å². The number of rotatable bonds is 1. The number of aromatic amines is 1. The van der Waals surface area contributed by atoms with Crippen molar-refractivity contribution in [1.29, 1.82) is 0 Å². The topological polar surface area (TPSA) is 54.7 Å². The monoisotopic (exact) mass is 253 g/mol. The molecule has 0 aliphatic heterocycles. The molecule has 0 spiro atoms. The minimum atomic E-state index is -0.0550. The fourth-order valence-corrected chi connectivity index (χ4v) is 2.05. The van der Waals surface area contributed by atoms with Gasteiger partial charge in [0.25, 0.3) is 0 Å². The van der Waals surface area contributed by atoms with Gasteiger partial charge in [0, 0.05) is 4.47 Å². The highest BCUT2D eigenvalue weighted by Gasteiger charge is 2.08. The van der Waals surface area contributed by atoms with E-state index in [1.807, 2.05) is 26.0 Å². The molecule has 0 aliphatic rings. The van der Waals surface area contributed by atoms with Crippen molar-refractivity contribution < 1.29 is 0 Å². The fourth-order valence-electron chi connectivity index (χ4n) is 1.48. The number of aromatic nitrogens is 2. The van der Waals surface area contributed by atoms with Gasteiger partial charge >= 0.3 is 0 Å². The van der Waals surface area contributed by atoms with Gasteiger partial charge in [0.05, 0.1) is 17.1 Å². The molecule has 0 saturated heterocycles. The zero-order valence-electron chi connectivity index (χ0n) is 8.13. The molecule has 0 radical (unpaired) electrons. The van der Waals surface area contributed by atoms with Gasteiger partial charge in [-0.25, -0.2) is 4.98 Å². The Morgan fingerprint density at radius 1 is 1.50 bits per heavy atom. The molecule has 3 N–H and O–H groups in total. The quantitative estimate of drug-likeness (QED) is 0.821. The van der Waals surface area contributed by atoms with E-state index in [4.69, 9.17) is 5.73 Å². The van der Waals surface area contributed by atoms with E-state index in [-0.39, 0.29) is 6.04 Å². The number of halogens is 1. The van der Waals surface area contributed by atoms with Crippen molar-refractivity contribution in [2.45, 2.75) is 19.9 Å². The lowest BCUT2D eigenvalue weighted by molar-refractivity contribution is 0.760. The van der Waals surface area contributed by atoms with Crippen molar-refractivity contribution in [3.05, 3.63) is 28.0 Å². The number of H-pyrrole nitrogens is 1. The van der Waals surface area contributed by atoms with E-state index in [1.54, 1.807) is 0 Å². The number of aryl methyl sites for hydroxylation is 1. The second-order valence-corrected chi connectivity index (χ2v) is 4.45. The number of nitrogens with zero attached hydrogens (tertiary/aromatic N) is 1. The minimum Gasteiger partial charge on any atom is -0.341 e. The summed E-state index contributed by atoms with van der Waals surface area (Å²) in [4.78, 5) is 7.66. The van der Waals surface area contributed by atoms with E-state index in [0.29, 0.717) is 0 Å². The molecular formula is C10H12BrN3. The average Bonchev–Trinajstić information content (AvgIpc) is 2.47. The van der Waals surface area contributed by atoms with Crippen LogP contribution in [0.25, 0.3) is 11.0 Å². The van der Waals surface area contributed by atoms with Gasteiger partial charge in [-0.1, -0.05) is 15.9 Å². The lowest BCUT2D eigenvalue weighted by atomic mass is 10.2. The molecule has 0 aliphatic carbocycles. The lowest BCUT2D eigenvalue weighted by Gasteiger charge is -1.96. The van der Waals surface area contributed by atoms with Crippen LogP contribution in [0.5, 0.6) is 0 Å². The van der Waals surface area contributed by atoms with E-state index in [2.05, 4.69) is 25.9 Å². The first-order chi connectivity index (χ1) is 6.58. The third-order valence-corrected chi connectivity index (χ3v) is 2.65. The van der Waals surface area contributed by atoms with Crippen LogP contribution in [0.15, 0.2) is 16.6 Å². The highest BCUT2D eigenvalue weighted by atomic mass is 79.9. The highest BCUT2D eigenvalue weighted by molar-refractivity contribution is 9.10. The lowest BCUT2D eigenvalue weighted by Crippen LogP contribution is -2.06. The summed E-state index contributed by atoms with van der Waals surface area (Å²) < 4.78 is 1.06. The number of fused-ring (bicyclic) bond motifs is 1. The van der Waals surface area contributed by atoms with Gasteiger partial charge in [-0.05, 0) is 31.5 Å². The summed E-state index contributed by atoms with van der Waals surface area (Å²) in [5.41, 5.74) is 8.94. The molecule has 0 saturated carbocycles. The molecule has 0 bridgehead atoms. The summed E-state index contributed by atoms with van der Waals surface area (Å²) in [7, 11) is 0. The summed E-state index contributed by atoms with van der Waals surface area (Å²) in [6.07, 6.45) is 0. The predicted molar refractivity (Wildman–Crippen MR) is 61.1 cm³/mol. The van der Waals surface area contributed by atoms with Crippen LogP contribution in [0.2, 0.25) is 0 Å². The molecule has 0 fully saturated rings. The number of nitrogens with one attached hydrogen (secondary N) is 1. The molecule has 1 aromatic carbocycles. The Hall–Kier alpha value is -0.870. The number of nitrogens with two attached hydrogens (primary N) is 1. The third kappa shape index (κ3) is 1.55. The smallest absolute Gasteiger partial charge is 0.123 e. The van der Waals surface area contributed by atoms with Crippen LogP contribution in [0.4, 0.5) is 0 Å². The second-order valence-electron chi connectivity index (χ2n) is 3.53. The summed E-state index contributed by atoms with van der Waals surface area (Å²) >= 11 is 3.45. The average molecular weight is 254 g/mol. The highest BCUT2D eigenvalue weighted by Crippen LogP contribution is 2.23. The number of benzene rings is 1. The van der Waals surface area contributed by atoms with Crippen LogP contribution in [0.1, 0.15) is 24.4 Å². The second kappa shape index (κ2) is 3.37. The molecule has 2 aromatic rings. The maximum atomic E-state index is 5.76. The molecular weight excluding hydrogens is 242 g/mol. The first-order valence-electron chi connectivity index (χ1n) is 4.49. The van der Waals surface area contributed by atoms with E-state index >= 15 is 0 Å². The van der Waals surface area contributed by atoms with Crippen molar-refractivity contribution in [2.24, 2.45) is 5.73 Å². The Morgan fingerprint density at radius 3 is 2.86 bits per heavy atom. The summed E-state index contributed by atoms with van der Waals surface area (Å²) in [6.45, 7) is 3.96. The van der Waals surface area contributed by atoms with Crippen molar-refractivity contribution >= 4 is 27.0 Å². The Kier molecular flexibility index (Phi) is 2.33. The summed E-state index contributed by atoms with van der Waals surface area (Å²) in [6, 6.07) is 4.01. The van der Waals surface area contributed by atoms with Crippen molar-refractivity contribution in [1.82, 2.24) is 9.97 Å². The minimum absolute atomic E-state index is 0.0550. The molecule has 4 heteroatoms. The Balaban J connectivity index is 2.70. The molecule has 14 heavy (non-hydrogen) atoms. The molecule has 1 atom stereocenters. The molecule has 0 amide bonds. The van der Waals surface area contributed by atoms with Crippen molar-refractivity contribution in [3.8, 4) is 0 Å². The van der Waals surface area contributed by atoms with Crippen LogP contribution in [-0.2, 0) is 0 Å². The van der Waals surface area contributed by atoms with E-state index < -0.39 is 0 Å². The standard InChI is InChI=1S/C10H12BrN3/c1-5-3-7(11)4-8-9(5)14-10(13-8)6(2)12/h3-4,6H,12H2,1-2H3,(H,13,14). The van der Waals surface area contributed by atoms with Crippen LogP contribution in [0.3, 0.4) is 0 Å². The Labute approximate surface area is 90.8 Å². The maximum Gasteiger partial charge on any atom is 0.123 e. The third-order valence-electron chi connectivity index (χ3n) is 2.19. The van der Waals surface area contributed by atoms with Gasteiger partial charge in [0.15, 0.2) is 0 Å². The molecule has 74 valence electrons. The predicted octanol–water partition coefficient (Wildman–Crippen LogP) is 2.65. The van der Waals surface area contributed by atoms with Gasteiger partial charge < -0.3 is 10.7 Å². The first kappa shape index (κ1) is 9.68. The molecule has 1 heterocycles. The van der Waals surface area contributed by atoms with Gasteiger partial charge in [0.1, 0.15) is 5.82 Å². The summed E-state index contributed by atoms with van der Waals surface area (Å²) in [5.74, 6) is 0.834. The number of hydrogen-bond acceptors (Lipinski definition) is 2. The first-order valence-corrected chi connectivity index (χ1v) is 5.28. The molecule has 2 rings (SSSR count).